The van der Waals surface area contributed by atoms with Crippen molar-refractivity contribution in [3.05, 3.63) is 58.1 Å². The summed E-state index contributed by atoms with van der Waals surface area (Å²) in [5.41, 5.74) is 3.08. The van der Waals surface area contributed by atoms with Crippen LogP contribution in [0.25, 0.3) is 11.4 Å². The SMILES string of the molecule is CCN(Cc1nc(-c2ccsc2)no1)CC(O)c1ccc(C)cc1. The number of rotatable bonds is 7. The molecule has 0 bridgehead atoms. The lowest BCUT2D eigenvalue weighted by Gasteiger charge is -2.22. The van der Waals surface area contributed by atoms with E-state index in [4.69, 9.17) is 4.52 Å². The monoisotopic (exact) mass is 343 g/mol. The third-order valence-corrected chi connectivity index (χ3v) is 4.63. The van der Waals surface area contributed by atoms with E-state index in [9.17, 15) is 5.11 Å². The van der Waals surface area contributed by atoms with E-state index in [2.05, 4.69) is 22.0 Å². The van der Waals surface area contributed by atoms with Crippen molar-refractivity contribution < 1.29 is 9.63 Å². The van der Waals surface area contributed by atoms with Gasteiger partial charge in [-0.25, -0.2) is 0 Å². The summed E-state index contributed by atoms with van der Waals surface area (Å²) in [6.07, 6.45) is -0.537. The van der Waals surface area contributed by atoms with Gasteiger partial charge in [0.15, 0.2) is 0 Å². The van der Waals surface area contributed by atoms with Crippen molar-refractivity contribution in [3.63, 3.8) is 0 Å². The molecular formula is C18H21N3O2S. The summed E-state index contributed by atoms with van der Waals surface area (Å²) in [4.78, 5) is 6.53. The van der Waals surface area contributed by atoms with Crippen molar-refractivity contribution in [2.75, 3.05) is 13.1 Å². The third kappa shape index (κ3) is 4.08. The van der Waals surface area contributed by atoms with Gasteiger partial charge in [0.05, 0.1) is 12.6 Å². The van der Waals surface area contributed by atoms with Crippen LogP contribution in [-0.4, -0.2) is 33.2 Å². The summed E-state index contributed by atoms with van der Waals surface area (Å²) in [5.74, 6) is 1.18. The van der Waals surface area contributed by atoms with E-state index in [1.807, 2.05) is 48.0 Å². The van der Waals surface area contributed by atoms with Crippen molar-refractivity contribution in [2.24, 2.45) is 0 Å². The molecule has 5 nitrogen and oxygen atoms in total. The minimum atomic E-state index is -0.537. The van der Waals surface area contributed by atoms with E-state index in [0.717, 1.165) is 17.7 Å². The number of hydrogen-bond acceptors (Lipinski definition) is 6. The fourth-order valence-electron chi connectivity index (χ4n) is 2.46. The molecular weight excluding hydrogens is 322 g/mol. The molecule has 0 radical (unpaired) electrons. The van der Waals surface area contributed by atoms with Gasteiger partial charge >= 0.3 is 0 Å². The number of benzene rings is 1. The van der Waals surface area contributed by atoms with Crippen LogP contribution < -0.4 is 0 Å². The minimum absolute atomic E-state index is 0.524. The molecule has 6 heteroatoms. The number of aromatic nitrogens is 2. The summed E-state index contributed by atoms with van der Waals surface area (Å²) in [6, 6.07) is 9.93. The Bertz CT molecular complexity index is 753. The van der Waals surface area contributed by atoms with Gasteiger partial charge < -0.3 is 9.63 Å². The second kappa shape index (κ2) is 7.70. The predicted molar refractivity (Wildman–Crippen MR) is 94.7 cm³/mol. The molecule has 2 aromatic heterocycles. The second-order valence-corrected chi connectivity index (χ2v) is 6.56. The van der Waals surface area contributed by atoms with Gasteiger partial charge in [0.25, 0.3) is 0 Å². The molecule has 1 aromatic carbocycles. The van der Waals surface area contributed by atoms with Crippen LogP contribution >= 0.6 is 11.3 Å². The zero-order valence-corrected chi connectivity index (χ0v) is 14.7. The van der Waals surface area contributed by atoms with Crippen LogP contribution in [0.4, 0.5) is 0 Å². The molecule has 3 rings (SSSR count). The average molecular weight is 343 g/mol. The molecule has 0 spiro atoms. The van der Waals surface area contributed by atoms with Crippen molar-refractivity contribution in [1.82, 2.24) is 15.0 Å². The van der Waals surface area contributed by atoms with Crippen LogP contribution in [0.1, 0.15) is 30.0 Å². The quantitative estimate of drug-likeness (QED) is 0.709. The molecule has 3 aromatic rings. The van der Waals surface area contributed by atoms with Crippen molar-refractivity contribution in [2.45, 2.75) is 26.5 Å². The fraction of sp³-hybridized carbons (Fsp3) is 0.333. The van der Waals surface area contributed by atoms with E-state index < -0.39 is 6.10 Å². The van der Waals surface area contributed by atoms with Crippen molar-refractivity contribution in [1.29, 1.82) is 0 Å². The van der Waals surface area contributed by atoms with Crippen LogP contribution in [0, 0.1) is 6.92 Å². The number of aryl methyl sites for hydroxylation is 1. The lowest BCUT2D eigenvalue weighted by Crippen LogP contribution is -2.28. The highest BCUT2D eigenvalue weighted by Gasteiger charge is 2.16. The molecule has 0 aliphatic rings. The highest BCUT2D eigenvalue weighted by molar-refractivity contribution is 7.08. The van der Waals surface area contributed by atoms with Crippen LogP contribution in [-0.2, 0) is 6.54 Å². The predicted octanol–water partition coefficient (Wildman–Crippen LogP) is 3.66. The number of nitrogens with zero attached hydrogens (tertiary/aromatic N) is 3. The van der Waals surface area contributed by atoms with Gasteiger partial charge in [-0.2, -0.15) is 16.3 Å². The lowest BCUT2D eigenvalue weighted by molar-refractivity contribution is 0.105. The maximum absolute atomic E-state index is 10.4. The van der Waals surface area contributed by atoms with Gasteiger partial charge in [0.1, 0.15) is 0 Å². The van der Waals surface area contributed by atoms with Crippen molar-refractivity contribution in [3.8, 4) is 11.4 Å². The zero-order valence-electron chi connectivity index (χ0n) is 13.8. The first-order valence-electron chi connectivity index (χ1n) is 7.98. The topological polar surface area (TPSA) is 62.4 Å². The van der Waals surface area contributed by atoms with Crippen LogP contribution in [0.2, 0.25) is 0 Å². The summed E-state index contributed by atoms with van der Waals surface area (Å²) in [6.45, 7) is 5.93. The van der Waals surface area contributed by atoms with Gasteiger partial charge in [-0.05, 0) is 30.5 Å². The van der Waals surface area contributed by atoms with Gasteiger partial charge in [0.2, 0.25) is 11.7 Å². The van der Waals surface area contributed by atoms with E-state index in [1.165, 1.54) is 5.56 Å². The molecule has 1 N–H and O–H groups in total. The Balaban J connectivity index is 1.63. The first-order valence-corrected chi connectivity index (χ1v) is 8.92. The molecule has 0 fully saturated rings. The van der Waals surface area contributed by atoms with Crippen LogP contribution in [0.15, 0.2) is 45.6 Å². The van der Waals surface area contributed by atoms with E-state index in [-0.39, 0.29) is 0 Å². The molecule has 24 heavy (non-hydrogen) atoms. The van der Waals surface area contributed by atoms with E-state index >= 15 is 0 Å². The Kier molecular flexibility index (Phi) is 5.40. The van der Waals surface area contributed by atoms with Gasteiger partial charge in [-0.3, -0.25) is 4.90 Å². The summed E-state index contributed by atoms with van der Waals surface area (Å²) < 4.78 is 5.34. The fourth-order valence-corrected chi connectivity index (χ4v) is 3.10. The standard InChI is InChI=1S/C18H21N3O2S/c1-3-21(10-16(22)14-6-4-13(2)5-7-14)11-17-19-18(20-23-17)15-8-9-24-12-15/h4-9,12,16,22H,3,10-11H2,1-2H3. The van der Waals surface area contributed by atoms with E-state index in [1.54, 1.807) is 11.3 Å². The maximum Gasteiger partial charge on any atom is 0.241 e. The molecule has 0 saturated carbocycles. The van der Waals surface area contributed by atoms with Gasteiger partial charge in [-0.1, -0.05) is 41.9 Å². The zero-order chi connectivity index (χ0) is 16.9. The first-order chi connectivity index (χ1) is 11.7. The van der Waals surface area contributed by atoms with Crippen molar-refractivity contribution >= 4 is 11.3 Å². The summed E-state index contributed by atoms with van der Waals surface area (Å²) in [7, 11) is 0. The first kappa shape index (κ1) is 16.8. The highest BCUT2D eigenvalue weighted by Crippen LogP contribution is 2.20. The van der Waals surface area contributed by atoms with Gasteiger partial charge in [-0.15, -0.1) is 0 Å². The summed E-state index contributed by atoms with van der Waals surface area (Å²) >= 11 is 1.60. The van der Waals surface area contributed by atoms with Crippen LogP contribution in [0.5, 0.6) is 0 Å². The smallest absolute Gasteiger partial charge is 0.241 e. The van der Waals surface area contributed by atoms with Gasteiger partial charge in [0, 0.05) is 17.5 Å². The largest absolute Gasteiger partial charge is 0.387 e. The van der Waals surface area contributed by atoms with Crippen LogP contribution in [0.3, 0.4) is 0 Å². The molecule has 0 aliphatic carbocycles. The molecule has 0 amide bonds. The number of aliphatic hydroxyl groups excluding tert-OH is 1. The molecule has 1 unspecified atom stereocenters. The lowest BCUT2D eigenvalue weighted by atomic mass is 10.1. The number of thiophene rings is 1. The highest BCUT2D eigenvalue weighted by atomic mass is 32.1. The Labute approximate surface area is 145 Å². The molecule has 0 aliphatic heterocycles. The maximum atomic E-state index is 10.4. The number of hydrogen-bond donors (Lipinski definition) is 1. The Hall–Kier alpha value is -2.02. The Morgan fingerprint density at radius 3 is 2.71 bits per heavy atom. The molecule has 2 heterocycles. The minimum Gasteiger partial charge on any atom is -0.387 e. The Morgan fingerprint density at radius 1 is 1.25 bits per heavy atom. The number of likely N-dealkylation sites (N-methyl/N-ethyl adjacent to an activating group) is 1. The summed E-state index contributed by atoms with van der Waals surface area (Å²) in [5, 5.41) is 18.4. The average Bonchev–Trinajstić information content (AvgIpc) is 3.26. The normalized spacial score (nSPS) is 12.7. The Morgan fingerprint density at radius 2 is 2.04 bits per heavy atom. The van der Waals surface area contributed by atoms with E-state index in [0.29, 0.717) is 24.8 Å². The third-order valence-electron chi connectivity index (χ3n) is 3.95. The molecule has 126 valence electrons. The number of aliphatic hydroxyl groups is 1. The second-order valence-electron chi connectivity index (χ2n) is 5.78. The molecule has 1 atom stereocenters. The molecule has 0 saturated heterocycles.